The fraction of sp³-hybridized carbons (Fsp3) is 0. The van der Waals surface area contributed by atoms with Gasteiger partial charge >= 0.3 is 32.7 Å². The van der Waals surface area contributed by atoms with Gasteiger partial charge in [-0.2, -0.15) is 4.31 Å². The van der Waals surface area contributed by atoms with Crippen molar-refractivity contribution in [1.29, 1.82) is 5.26 Å². The fourth-order valence-corrected chi connectivity index (χ4v) is 1.25. The van der Waals surface area contributed by atoms with E-state index in [1.807, 2.05) is 0 Å². The summed E-state index contributed by atoms with van der Waals surface area (Å²) < 4.78 is 22.2. The molecule has 0 aromatic carbocycles. The van der Waals surface area contributed by atoms with Gasteiger partial charge in [0.15, 0.2) is 0 Å². The molecule has 4 N–H and O–H groups in total. The molecule has 0 aliphatic heterocycles. The van der Waals surface area contributed by atoms with Crippen molar-refractivity contribution >= 4 is 15.6 Å². The van der Waals surface area contributed by atoms with Crippen LogP contribution in [0.4, 0.5) is 0 Å². The van der Waals surface area contributed by atoms with Crippen molar-refractivity contribution in [3.05, 3.63) is 6.57 Å². The Hall–Kier alpha value is 0.269. The van der Waals surface area contributed by atoms with Gasteiger partial charge in [-0.3, -0.25) is 0 Å². The molecule has 0 aromatic heterocycles. The van der Waals surface area contributed by atoms with Crippen LogP contribution >= 0.6 is 15.6 Å². The Bertz CT molecular complexity index is 193. The van der Waals surface area contributed by atoms with Crippen LogP contribution in [-0.4, -0.2) is 19.6 Å². The van der Waals surface area contributed by atoms with E-state index < -0.39 is 15.6 Å². The number of hydrogen-bond acceptors (Lipinski definition) is 4. The largest absolute Gasteiger partial charge is 1.00 e. The molecule has 0 heterocycles. The second kappa shape index (κ2) is 6.75. The molecule has 0 amide bonds. The van der Waals surface area contributed by atoms with E-state index in [9.17, 15) is 9.13 Å². The van der Waals surface area contributed by atoms with E-state index in [-0.39, 0.29) is 17.1 Å². The third-order valence-electron chi connectivity index (χ3n) is 0.213. The Labute approximate surface area is 78.1 Å². The summed E-state index contributed by atoms with van der Waals surface area (Å²) in [5.74, 6) is 0. The van der Waals surface area contributed by atoms with Crippen LogP contribution in [-0.2, 0) is 30.5 Å². The maximum atomic E-state index is 9.63. The van der Waals surface area contributed by atoms with Crippen molar-refractivity contribution in [2.45, 2.75) is 0 Å². The standard InChI is InChI=1S/CN.Cu.H4O7P2/c1-2;;1-8(2,3)7-9(4,5)6/h;;(H2,1,2,3)(H2,4,5,6)/q-1;+1;. The van der Waals surface area contributed by atoms with Gasteiger partial charge in [0.05, 0.1) is 0 Å². The molecule has 12 heavy (non-hydrogen) atoms. The zero-order valence-electron chi connectivity index (χ0n) is 5.16. The van der Waals surface area contributed by atoms with Crippen LogP contribution in [0.15, 0.2) is 0 Å². The molecule has 0 spiro atoms. The number of rotatable bonds is 2. The first-order chi connectivity index (χ1) is 4.71. The molecular formula is CH4CuNO7P2. The smallest absolute Gasteiger partial charge is 0.512 e. The monoisotopic (exact) mass is 267 g/mol. The molecule has 11 heteroatoms. The van der Waals surface area contributed by atoms with Gasteiger partial charge in [0, 0.05) is 0 Å². The first kappa shape index (κ1) is 18.1. The van der Waals surface area contributed by atoms with Gasteiger partial charge in [0.25, 0.3) is 0 Å². The number of phosphoric acid groups is 2. The predicted molar refractivity (Wildman–Crippen MR) is 30.1 cm³/mol. The van der Waals surface area contributed by atoms with Crippen molar-refractivity contribution in [1.82, 2.24) is 0 Å². The van der Waals surface area contributed by atoms with Gasteiger partial charge in [0.2, 0.25) is 0 Å². The van der Waals surface area contributed by atoms with Crippen LogP contribution in [0.1, 0.15) is 0 Å². The topological polar surface area (TPSA) is 148 Å². The van der Waals surface area contributed by atoms with Crippen LogP contribution < -0.4 is 0 Å². The summed E-state index contributed by atoms with van der Waals surface area (Å²) in [6.45, 7) is 4.75. The van der Waals surface area contributed by atoms with Gasteiger partial charge in [-0.15, -0.1) is 0 Å². The molecule has 0 saturated carbocycles. The summed E-state index contributed by atoms with van der Waals surface area (Å²) >= 11 is 0. The zero-order chi connectivity index (χ0) is 9.71. The summed E-state index contributed by atoms with van der Waals surface area (Å²) in [4.78, 5) is 31.0. The van der Waals surface area contributed by atoms with Crippen LogP contribution in [0.5, 0.6) is 0 Å². The molecule has 0 bridgehead atoms. The predicted octanol–water partition coefficient (Wildman–Crippen LogP) is -0.718. The molecule has 0 fully saturated rings. The van der Waals surface area contributed by atoms with Crippen molar-refractivity contribution in [2.24, 2.45) is 0 Å². The minimum absolute atomic E-state index is 0. The fourth-order valence-electron chi connectivity index (χ4n) is 0.139. The van der Waals surface area contributed by atoms with Gasteiger partial charge < -0.3 is 31.4 Å². The quantitative estimate of drug-likeness (QED) is 0.291. The second-order valence-electron chi connectivity index (χ2n) is 1.06. The molecular weight excluding hydrogens is 264 g/mol. The summed E-state index contributed by atoms with van der Waals surface area (Å²) in [7, 11) is -10.1. The number of hydrogen-bond donors (Lipinski definition) is 4. The van der Waals surface area contributed by atoms with E-state index >= 15 is 0 Å². The molecule has 0 aromatic rings. The molecule has 0 rings (SSSR count). The second-order valence-corrected chi connectivity index (χ2v) is 3.68. The first-order valence-corrected chi connectivity index (χ1v) is 4.81. The van der Waals surface area contributed by atoms with Crippen LogP contribution in [0, 0.1) is 11.8 Å². The molecule has 8 nitrogen and oxygen atoms in total. The molecule has 0 radical (unpaired) electrons. The summed E-state index contributed by atoms with van der Waals surface area (Å²) in [5.41, 5.74) is 0. The molecule has 0 aliphatic carbocycles. The average molecular weight is 268 g/mol. The summed E-state index contributed by atoms with van der Waals surface area (Å²) in [6.07, 6.45) is 0. The van der Waals surface area contributed by atoms with E-state index in [1.54, 1.807) is 0 Å². The minimum atomic E-state index is -5.05. The minimum Gasteiger partial charge on any atom is -0.512 e. The van der Waals surface area contributed by atoms with Crippen molar-refractivity contribution in [3.8, 4) is 0 Å². The molecule has 0 atom stereocenters. The Morgan fingerprint density at radius 3 is 1.17 bits per heavy atom. The van der Waals surface area contributed by atoms with Crippen LogP contribution in [0.2, 0.25) is 0 Å². The molecule has 76 valence electrons. The Kier molecular flexibility index (Phi) is 10.2. The molecule has 0 saturated heterocycles. The third-order valence-corrected chi connectivity index (χ3v) is 1.91. The van der Waals surface area contributed by atoms with Crippen LogP contribution in [0.25, 0.3) is 0 Å². The van der Waals surface area contributed by atoms with E-state index in [2.05, 4.69) is 4.31 Å². The van der Waals surface area contributed by atoms with Crippen molar-refractivity contribution < 1.29 is 50.1 Å². The average Bonchev–Trinajstić information content (AvgIpc) is 1.60. The maximum absolute atomic E-state index is 9.63. The molecule has 0 aliphatic rings. The van der Waals surface area contributed by atoms with Gasteiger partial charge in [-0.05, 0) is 0 Å². The van der Waals surface area contributed by atoms with E-state index in [0.29, 0.717) is 0 Å². The van der Waals surface area contributed by atoms with Crippen LogP contribution in [0.3, 0.4) is 0 Å². The van der Waals surface area contributed by atoms with Gasteiger partial charge in [-0.25, -0.2) is 9.13 Å². The van der Waals surface area contributed by atoms with Gasteiger partial charge in [-0.1, -0.05) is 0 Å². The SMILES string of the molecule is O=P(O)(O)OP(=O)(O)O.[C-]#N.[Cu+]. The Balaban J connectivity index is -0.000000249. The first-order valence-electron chi connectivity index (χ1n) is 1.75. The normalized spacial score (nSPS) is 10.5. The number of nitrogens with zero attached hydrogens (tertiary/aromatic N) is 1. The third kappa shape index (κ3) is 22.4. The van der Waals surface area contributed by atoms with Crippen molar-refractivity contribution in [2.75, 3.05) is 0 Å². The van der Waals surface area contributed by atoms with E-state index in [0.717, 1.165) is 0 Å². The Morgan fingerprint density at radius 1 is 1.00 bits per heavy atom. The van der Waals surface area contributed by atoms with E-state index in [1.165, 1.54) is 0 Å². The van der Waals surface area contributed by atoms with E-state index in [4.69, 9.17) is 31.4 Å². The van der Waals surface area contributed by atoms with Crippen molar-refractivity contribution in [3.63, 3.8) is 0 Å². The summed E-state index contributed by atoms with van der Waals surface area (Å²) in [5, 5.41) is 6.25. The van der Waals surface area contributed by atoms with Gasteiger partial charge in [0.1, 0.15) is 0 Å². The Morgan fingerprint density at radius 2 is 1.17 bits per heavy atom. The maximum Gasteiger partial charge on any atom is 1.00 e. The zero-order valence-corrected chi connectivity index (χ0v) is 7.89. The summed E-state index contributed by atoms with van der Waals surface area (Å²) in [6, 6.07) is 0. The molecule has 0 unspecified atom stereocenters.